The van der Waals surface area contributed by atoms with Crippen molar-refractivity contribution in [1.82, 2.24) is 0 Å². The smallest absolute Gasteiger partial charge is 0.102 e. The zero-order chi connectivity index (χ0) is 20.2. The molecule has 1 aliphatic rings. The van der Waals surface area contributed by atoms with Gasteiger partial charge >= 0.3 is 0 Å². The molecule has 28 heavy (non-hydrogen) atoms. The summed E-state index contributed by atoms with van der Waals surface area (Å²) in [4.78, 5) is 0. The first kappa shape index (κ1) is 25.8. The number of hydrogen-bond acceptors (Lipinski definition) is 4. The molecule has 0 radical (unpaired) electrons. The second kappa shape index (κ2) is 18.8. The van der Waals surface area contributed by atoms with Crippen LogP contribution in [-0.2, 0) is 18.9 Å². The van der Waals surface area contributed by atoms with Crippen molar-refractivity contribution in [1.29, 1.82) is 0 Å². The van der Waals surface area contributed by atoms with E-state index < -0.39 is 0 Å². The maximum Gasteiger partial charge on any atom is 0.102 e. The SMILES string of the molecule is CCCCCCCCCCCC[N+]1(C)CCOCCOCCOCCOCC1. The van der Waals surface area contributed by atoms with E-state index in [9.17, 15) is 0 Å². The first-order valence-electron chi connectivity index (χ1n) is 11.9. The van der Waals surface area contributed by atoms with Crippen molar-refractivity contribution in [2.45, 2.75) is 71.1 Å². The van der Waals surface area contributed by atoms with Crippen LogP contribution in [0.15, 0.2) is 0 Å². The summed E-state index contributed by atoms with van der Waals surface area (Å²) in [7, 11) is 2.35. The zero-order valence-corrected chi connectivity index (χ0v) is 18.9. The molecule has 0 bridgehead atoms. The average Bonchev–Trinajstić information content (AvgIpc) is 2.70. The van der Waals surface area contributed by atoms with Gasteiger partial charge in [-0.25, -0.2) is 0 Å². The van der Waals surface area contributed by atoms with Crippen LogP contribution in [0.25, 0.3) is 0 Å². The zero-order valence-electron chi connectivity index (χ0n) is 18.9. The third-order valence-corrected chi connectivity index (χ3v) is 5.72. The van der Waals surface area contributed by atoms with Gasteiger partial charge in [0.05, 0.1) is 66.4 Å². The highest BCUT2D eigenvalue weighted by molar-refractivity contribution is 4.49. The van der Waals surface area contributed by atoms with E-state index in [0.29, 0.717) is 39.6 Å². The van der Waals surface area contributed by atoms with Crippen molar-refractivity contribution < 1.29 is 23.4 Å². The lowest BCUT2D eigenvalue weighted by atomic mass is 10.1. The molecule has 0 unspecified atom stereocenters. The summed E-state index contributed by atoms with van der Waals surface area (Å²) in [6.45, 7) is 11.1. The number of nitrogens with zero attached hydrogens (tertiary/aromatic N) is 1. The highest BCUT2D eigenvalue weighted by Gasteiger charge is 2.21. The lowest BCUT2D eigenvalue weighted by molar-refractivity contribution is -0.910. The number of quaternary nitrogens is 1. The van der Waals surface area contributed by atoms with Gasteiger partial charge in [-0.15, -0.1) is 0 Å². The molecule has 0 atom stereocenters. The molecular formula is C23H48NO4+. The minimum Gasteiger partial charge on any atom is -0.377 e. The van der Waals surface area contributed by atoms with Gasteiger partial charge in [0.25, 0.3) is 0 Å². The monoisotopic (exact) mass is 402 g/mol. The van der Waals surface area contributed by atoms with Gasteiger partial charge in [0, 0.05) is 0 Å². The largest absolute Gasteiger partial charge is 0.377 e. The molecular weight excluding hydrogens is 354 g/mol. The van der Waals surface area contributed by atoms with E-state index in [1.165, 1.54) is 70.8 Å². The predicted octanol–water partition coefficient (Wildman–Crippen LogP) is 4.43. The molecule has 0 amide bonds. The fourth-order valence-corrected chi connectivity index (χ4v) is 3.65. The van der Waals surface area contributed by atoms with Crippen LogP contribution in [0.4, 0.5) is 0 Å². The van der Waals surface area contributed by atoms with Gasteiger partial charge in [-0.1, -0.05) is 58.3 Å². The highest BCUT2D eigenvalue weighted by Crippen LogP contribution is 2.12. The lowest BCUT2D eigenvalue weighted by Crippen LogP contribution is -2.49. The number of unbranched alkanes of at least 4 members (excludes halogenated alkanes) is 9. The van der Waals surface area contributed by atoms with Crippen LogP contribution < -0.4 is 0 Å². The van der Waals surface area contributed by atoms with Crippen LogP contribution >= 0.6 is 0 Å². The molecule has 1 saturated heterocycles. The molecule has 1 heterocycles. The van der Waals surface area contributed by atoms with Gasteiger partial charge < -0.3 is 23.4 Å². The van der Waals surface area contributed by atoms with Crippen LogP contribution in [-0.4, -0.2) is 84.0 Å². The topological polar surface area (TPSA) is 36.9 Å². The third kappa shape index (κ3) is 15.7. The van der Waals surface area contributed by atoms with Gasteiger partial charge in [-0.05, 0) is 12.8 Å². The molecule has 5 nitrogen and oxygen atoms in total. The lowest BCUT2D eigenvalue weighted by Gasteiger charge is -2.34. The van der Waals surface area contributed by atoms with Gasteiger partial charge in [0.2, 0.25) is 0 Å². The summed E-state index contributed by atoms with van der Waals surface area (Å²) in [6, 6.07) is 0. The van der Waals surface area contributed by atoms with Crippen LogP contribution in [0.3, 0.4) is 0 Å². The van der Waals surface area contributed by atoms with E-state index in [-0.39, 0.29) is 0 Å². The van der Waals surface area contributed by atoms with Crippen molar-refractivity contribution >= 4 is 0 Å². The Labute approximate surface area is 174 Å². The van der Waals surface area contributed by atoms with Crippen LogP contribution in [0.5, 0.6) is 0 Å². The van der Waals surface area contributed by atoms with Crippen molar-refractivity contribution in [3.63, 3.8) is 0 Å². The normalized spacial score (nSPS) is 20.4. The Bertz CT molecular complexity index is 312. The first-order chi connectivity index (χ1) is 13.8. The number of ether oxygens (including phenoxy) is 4. The fraction of sp³-hybridized carbons (Fsp3) is 1.00. The second-order valence-electron chi connectivity index (χ2n) is 8.42. The molecule has 5 heteroatoms. The molecule has 0 aromatic rings. The molecule has 0 saturated carbocycles. The Morgan fingerprint density at radius 1 is 0.500 bits per heavy atom. The predicted molar refractivity (Wildman–Crippen MR) is 116 cm³/mol. The van der Waals surface area contributed by atoms with Crippen LogP contribution in [0, 0.1) is 0 Å². The second-order valence-corrected chi connectivity index (χ2v) is 8.42. The van der Waals surface area contributed by atoms with Gasteiger partial charge in [0.1, 0.15) is 13.1 Å². The summed E-state index contributed by atoms with van der Waals surface area (Å²) in [5.41, 5.74) is 0. The molecule has 1 rings (SSSR count). The van der Waals surface area contributed by atoms with Gasteiger partial charge in [-0.3, -0.25) is 0 Å². The molecule has 1 fully saturated rings. The Kier molecular flexibility index (Phi) is 17.4. The summed E-state index contributed by atoms with van der Waals surface area (Å²) < 4.78 is 23.6. The quantitative estimate of drug-likeness (QED) is 0.378. The summed E-state index contributed by atoms with van der Waals surface area (Å²) in [6.07, 6.45) is 13.9. The van der Waals surface area contributed by atoms with Crippen molar-refractivity contribution in [2.75, 3.05) is 79.5 Å². The maximum atomic E-state index is 5.78. The van der Waals surface area contributed by atoms with Crippen LogP contribution in [0.1, 0.15) is 71.1 Å². The fourth-order valence-electron chi connectivity index (χ4n) is 3.65. The average molecular weight is 403 g/mol. The van der Waals surface area contributed by atoms with E-state index in [1.54, 1.807) is 0 Å². The number of likely N-dealkylation sites (N-methyl/N-ethyl adjacent to an activating group) is 1. The molecule has 1 aliphatic heterocycles. The summed E-state index contributed by atoms with van der Waals surface area (Å²) in [5, 5.41) is 0. The van der Waals surface area contributed by atoms with Crippen LogP contribution in [0.2, 0.25) is 0 Å². The molecule has 0 N–H and O–H groups in total. The number of hydrogen-bond donors (Lipinski definition) is 0. The Hall–Kier alpha value is -0.200. The summed E-state index contributed by atoms with van der Waals surface area (Å²) >= 11 is 0. The Morgan fingerprint density at radius 3 is 1.29 bits per heavy atom. The van der Waals surface area contributed by atoms with E-state index in [4.69, 9.17) is 18.9 Å². The third-order valence-electron chi connectivity index (χ3n) is 5.72. The van der Waals surface area contributed by atoms with Crippen molar-refractivity contribution in [2.24, 2.45) is 0 Å². The van der Waals surface area contributed by atoms with E-state index in [0.717, 1.165) is 30.8 Å². The van der Waals surface area contributed by atoms with Gasteiger partial charge in [-0.2, -0.15) is 0 Å². The first-order valence-corrected chi connectivity index (χ1v) is 11.9. The Morgan fingerprint density at radius 2 is 0.857 bits per heavy atom. The van der Waals surface area contributed by atoms with Crippen molar-refractivity contribution in [3.05, 3.63) is 0 Å². The highest BCUT2D eigenvalue weighted by atomic mass is 16.6. The molecule has 0 spiro atoms. The maximum absolute atomic E-state index is 5.78. The van der Waals surface area contributed by atoms with E-state index >= 15 is 0 Å². The molecule has 0 aromatic carbocycles. The minimum absolute atomic E-state index is 0.635. The van der Waals surface area contributed by atoms with E-state index in [1.807, 2.05) is 0 Å². The molecule has 0 aliphatic carbocycles. The summed E-state index contributed by atoms with van der Waals surface area (Å²) in [5.74, 6) is 0. The minimum atomic E-state index is 0.635. The molecule has 0 aromatic heterocycles. The van der Waals surface area contributed by atoms with Gasteiger partial charge in [0.15, 0.2) is 0 Å². The van der Waals surface area contributed by atoms with E-state index in [2.05, 4.69) is 14.0 Å². The van der Waals surface area contributed by atoms with Crippen molar-refractivity contribution in [3.8, 4) is 0 Å². The molecule has 168 valence electrons. The Balaban J connectivity index is 2.16. The number of rotatable bonds is 11. The standard InChI is InChI=1S/C23H48NO4/c1-3-4-5-6-7-8-9-10-11-12-13-24(2)14-16-25-18-20-27-22-23-28-21-19-26-17-15-24/h3-23H2,1-2H3/q+1.